The minimum atomic E-state index is -0.242. The Balaban J connectivity index is 1.34. The van der Waals surface area contributed by atoms with E-state index < -0.39 is 0 Å². The first-order valence-electron chi connectivity index (χ1n) is 10.6. The van der Waals surface area contributed by atoms with E-state index in [2.05, 4.69) is 22.6 Å². The second kappa shape index (κ2) is 8.21. The van der Waals surface area contributed by atoms with Gasteiger partial charge in [-0.05, 0) is 50.0 Å². The first-order valence-corrected chi connectivity index (χ1v) is 10.6. The maximum absolute atomic E-state index is 13.1. The molecule has 2 amide bonds. The molecule has 1 saturated carbocycles. The summed E-state index contributed by atoms with van der Waals surface area (Å²) in [7, 11) is 2.09. The Morgan fingerprint density at radius 2 is 1.89 bits per heavy atom. The number of amides is 2. The zero-order valence-electron chi connectivity index (χ0n) is 16.9. The van der Waals surface area contributed by atoms with Crippen molar-refractivity contribution in [1.82, 2.24) is 15.1 Å². The maximum Gasteiger partial charge on any atom is 0.232 e. The average Bonchev–Trinajstić information content (AvgIpc) is 3.15. The Hall–Kier alpha value is -1.92. The molecule has 28 heavy (non-hydrogen) atoms. The summed E-state index contributed by atoms with van der Waals surface area (Å²) in [5.74, 6) is 0.802. The quantitative estimate of drug-likeness (QED) is 0.830. The number of piperazine rings is 1. The van der Waals surface area contributed by atoms with Crippen LogP contribution in [0.25, 0.3) is 0 Å². The highest BCUT2D eigenvalue weighted by molar-refractivity contribution is 5.96. The van der Waals surface area contributed by atoms with Crippen LogP contribution in [0.4, 0.5) is 5.69 Å². The number of hydrogen-bond acceptors (Lipinski definition) is 4. The van der Waals surface area contributed by atoms with Crippen molar-refractivity contribution in [2.24, 2.45) is 11.3 Å². The first kappa shape index (κ1) is 19.4. The molecule has 0 radical (unpaired) electrons. The molecule has 0 spiro atoms. The van der Waals surface area contributed by atoms with Gasteiger partial charge in [0.1, 0.15) is 0 Å². The molecule has 2 saturated heterocycles. The number of nitrogens with zero attached hydrogens (tertiary/aromatic N) is 2. The van der Waals surface area contributed by atoms with Gasteiger partial charge in [-0.2, -0.15) is 0 Å². The largest absolute Gasteiger partial charge is 0.340 e. The smallest absolute Gasteiger partial charge is 0.232 e. The molecule has 1 aliphatic carbocycles. The molecule has 1 aromatic carbocycles. The van der Waals surface area contributed by atoms with Crippen molar-refractivity contribution in [2.75, 3.05) is 51.6 Å². The predicted molar refractivity (Wildman–Crippen MR) is 110 cm³/mol. The fraction of sp³-hybridized carbons (Fsp3) is 0.636. The molecule has 2 heterocycles. The Kier molecular flexibility index (Phi) is 5.69. The highest BCUT2D eigenvalue weighted by atomic mass is 16.2. The lowest BCUT2D eigenvalue weighted by atomic mass is 9.67. The van der Waals surface area contributed by atoms with E-state index in [1.165, 1.54) is 6.42 Å². The minimum Gasteiger partial charge on any atom is -0.340 e. The van der Waals surface area contributed by atoms with Gasteiger partial charge in [0.05, 0.1) is 11.8 Å². The van der Waals surface area contributed by atoms with E-state index in [0.29, 0.717) is 12.3 Å². The second-order valence-electron chi connectivity index (χ2n) is 8.74. The van der Waals surface area contributed by atoms with Crippen LogP contribution in [0, 0.1) is 11.3 Å². The lowest BCUT2D eigenvalue weighted by molar-refractivity contribution is -0.132. The molecular weight excluding hydrogens is 352 g/mol. The van der Waals surface area contributed by atoms with E-state index in [1.807, 2.05) is 29.2 Å². The van der Waals surface area contributed by atoms with Gasteiger partial charge in [-0.25, -0.2) is 0 Å². The molecule has 2 N–H and O–H groups in total. The van der Waals surface area contributed by atoms with Crippen molar-refractivity contribution in [2.45, 2.75) is 32.1 Å². The molecule has 6 nitrogen and oxygen atoms in total. The third kappa shape index (κ3) is 3.94. The zero-order chi connectivity index (χ0) is 19.6. The van der Waals surface area contributed by atoms with Crippen molar-refractivity contribution in [3.63, 3.8) is 0 Å². The normalized spacial score (nSPS) is 28.0. The second-order valence-corrected chi connectivity index (χ2v) is 8.74. The lowest BCUT2D eigenvalue weighted by Gasteiger charge is -2.37. The number of rotatable bonds is 4. The van der Waals surface area contributed by atoms with Gasteiger partial charge in [0, 0.05) is 38.4 Å². The van der Waals surface area contributed by atoms with Crippen LogP contribution in [0.3, 0.4) is 0 Å². The van der Waals surface area contributed by atoms with E-state index in [9.17, 15) is 9.59 Å². The summed E-state index contributed by atoms with van der Waals surface area (Å²) in [6.07, 6.45) is 4.92. The molecule has 6 heteroatoms. The topological polar surface area (TPSA) is 64.7 Å². The molecule has 2 atom stereocenters. The number of fused-ring (bicyclic) bond motifs is 1. The van der Waals surface area contributed by atoms with E-state index in [1.54, 1.807) is 0 Å². The summed E-state index contributed by atoms with van der Waals surface area (Å²) in [5.41, 5.74) is 1.58. The molecule has 1 aromatic rings. The monoisotopic (exact) mass is 384 g/mol. The van der Waals surface area contributed by atoms with Gasteiger partial charge in [-0.3, -0.25) is 9.59 Å². The predicted octanol–water partition coefficient (Wildman–Crippen LogP) is 1.72. The van der Waals surface area contributed by atoms with E-state index in [-0.39, 0.29) is 17.2 Å². The van der Waals surface area contributed by atoms with E-state index in [0.717, 1.165) is 69.8 Å². The number of carbonyl (C=O) groups is 2. The Morgan fingerprint density at radius 1 is 1.14 bits per heavy atom. The molecule has 4 rings (SSSR count). The molecule has 3 aliphatic rings. The van der Waals surface area contributed by atoms with Gasteiger partial charge in [-0.15, -0.1) is 0 Å². The van der Waals surface area contributed by atoms with E-state index >= 15 is 0 Å². The summed E-state index contributed by atoms with van der Waals surface area (Å²) < 4.78 is 0. The van der Waals surface area contributed by atoms with Crippen LogP contribution in [-0.2, 0) is 16.0 Å². The summed E-state index contributed by atoms with van der Waals surface area (Å²) in [5, 5.41) is 6.57. The number of hydrogen-bond donors (Lipinski definition) is 2. The van der Waals surface area contributed by atoms with Crippen LogP contribution in [0.1, 0.15) is 31.2 Å². The summed E-state index contributed by atoms with van der Waals surface area (Å²) in [4.78, 5) is 29.7. The number of likely N-dealkylation sites (N-methyl/N-ethyl adjacent to an activating group) is 1. The molecular formula is C22H32N4O2. The molecule has 3 fully saturated rings. The summed E-state index contributed by atoms with van der Waals surface area (Å²) in [6.45, 7) is 5.24. The SMILES string of the molecule is CN1CCN(C(=O)Cc2ccc(NC(=O)[C@@]34CCCC[C@H]3CNC4)cc2)CC1. The van der Waals surface area contributed by atoms with Gasteiger partial charge in [-0.1, -0.05) is 25.0 Å². The Labute approximate surface area is 167 Å². The van der Waals surface area contributed by atoms with Gasteiger partial charge >= 0.3 is 0 Å². The van der Waals surface area contributed by atoms with Crippen LogP contribution < -0.4 is 10.6 Å². The van der Waals surface area contributed by atoms with Crippen LogP contribution in [0.2, 0.25) is 0 Å². The average molecular weight is 385 g/mol. The number of benzene rings is 1. The minimum absolute atomic E-state index is 0.156. The van der Waals surface area contributed by atoms with Crippen LogP contribution in [0.5, 0.6) is 0 Å². The standard InChI is InChI=1S/C22H32N4O2/c1-25-10-12-26(13-11-25)20(27)14-17-5-7-19(8-6-17)24-21(28)22-9-3-2-4-18(22)15-23-16-22/h5-8,18,23H,2-4,9-16H2,1H3,(H,24,28)/t18-,22+/m0/s1. The fourth-order valence-electron chi connectivity index (χ4n) is 4.99. The third-order valence-electron chi connectivity index (χ3n) is 6.91. The Bertz CT molecular complexity index is 712. The van der Waals surface area contributed by atoms with Crippen molar-refractivity contribution < 1.29 is 9.59 Å². The van der Waals surface area contributed by atoms with Crippen molar-refractivity contribution in [3.05, 3.63) is 29.8 Å². The maximum atomic E-state index is 13.1. The third-order valence-corrected chi connectivity index (χ3v) is 6.91. The highest BCUT2D eigenvalue weighted by Gasteiger charge is 2.49. The summed E-state index contributed by atoms with van der Waals surface area (Å²) in [6, 6.07) is 7.79. The molecule has 2 aliphatic heterocycles. The molecule has 0 aromatic heterocycles. The molecule has 0 unspecified atom stereocenters. The lowest BCUT2D eigenvalue weighted by Crippen LogP contribution is -2.47. The van der Waals surface area contributed by atoms with Gasteiger partial charge < -0.3 is 20.4 Å². The van der Waals surface area contributed by atoms with Gasteiger partial charge in [0.15, 0.2) is 0 Å². The van der Waals surface area contributed by atoms with Crippen LogP contribution >= 0.6 is 0 Å². The number of carbonyl (C=O) groups excluding carboxylic acids is 2. The van der Waals surface area contributed by atoms with Crippen molar-refractivity contribution in [3.8, 4) is 0 Å². The fourth-order valence-corrected chi connectivity index (χ4v) is 4.99. The van der Waals surface area contributed by atoms with Crippen molar-refractivity contribution >= 4 is 17.5 Å². The highest BCUT2D eigenvalue weighted by Crippen LogP contribution is 2.44. The Morgan fingerprint density at radius 3 is 2.64 bits per heavy atom. The van der Waals surface area contributed by atoms with Gasteiger partial charge in [0.25, 0.3) is 0 Å². The van der Waals surface area contributed by atoms with Crippen LogP contribution in [-0.4, -0.2) is 67.9 Å². The first-order chi connectivity index (χ1) is 13.6. The van der Waals surface area contributed by atoms with Crippen LogP contribution in [0.15, 0.2) is 24.3 Å². The number of nitrogens with one attached hydrogen (secondary N) is 2. The zero-order valence-corrected chi connectivity index (χ0v) is 16.9. The summed E-state index contributed by atoms with van der Waals surface area (Å²) >= 11 is 0. The van der Waals surface area contributed by atoms with Gasteiger partial charge in [0.2, 0.25) is 11.8 Å². The number of anilines is 1. The molecule has 0 bridgehead atoms. The van der Waals surface area contributed by atoms with E-state index in [4.69, 9.17) is 0 Å². The van der Waals surface area contributed by atoms with Crippen molar-refractivity contribution in [1.29, 1.82) is 0 Å². The molecule has 152 valence electrons.